The summed E-state index contributed by atoms with van der Waals surface area (Å²) in [4.78, 5) is 0. The topological polar surface area (TPSA) is 29.5 Å². The third kappa shape index (κ3) is 3.01. The van der Waals surface area contributed by atoms with E-state index in [-0.39, 0.29) is 0 Å². The lowest BCUT2D eigenvalue weighted by atomic mass is 9.72. The first kappa shape index (κ1) is 15.4. The molecule has 2 rings (SSSR count). The third-order valence-electron chi connectivity index (χ3n) is 4.76. The van der Waals surface area contributed by atoms with E-state index in [4.69, 9.17) is 4.74 Å². The number of aryl methyl sites for hydroxylation is 2. The average Bonchev–Trinajstić information content (AvgIpc) is 2.40. The van der Waals surface area contributed by atoms with Crippen LogP contribution in [0.5, 0.6) is 5.75 Å². The lowest BCUT2D eigenvalue weighted by Gasteiger charge is -2.38. The third-order valence-corrected chi connectivity index (χ3v) is 4.76. The van der Waals surface area contributed by atoms with E-state index in [0.29, 0.717) is 0 Å². The van der Waals surface area contributed by atoms with Gasteiger partial charge in [0.1, 0.15) is 5.75 Å². The van der Waals surface area contributed by atoms with Gasteiger partial charge in [0.15, 0.2) is 0 Å². The van der Waals surface area contributed by atoms with E-state index < -0.39 is 5.60 Å². The number of methoxy groups -OCH3 is 1. The predicted molar refractivity (Wildman–Crippen MR) is 83.2 cm³/mol. The van der Waals surface area contributed by atoms with E-state index in [1.807, 2.05) is 6.07 Å². The standard InChI is InChI=1S/C18H28O2/c1-5-6-15-7-9-18(19,10-8-15)17-14(3)11-13(2)12-16(17)20-4/h11-12,15,19H,5-10H2,1-4H3. The number of ether oxygens (including phenoxy) is 1. The average molecular weight is 276 g/mol. The van der Waals surface area contributed by atoms with Gasteiger partial charge in [-0.05, 0) is 62.6 Å². The Morgan fingerprint density at radius 2 is 1.90 bits per heavy atom. The van der Waals surface area contributed by atoms with Crippen LogP contribution in [0.15, 0.2) is 12.1 Å². The SMILES string of the molecule is CCCC1CCC(O)(c2c(C)cc(C)cc2OC)CC1. The van der Waals surface area contributed by atoms with E-state index in [0.717, 1.165) is 48.5 Å². The number of hydrogen-bond donors (Lipinski definition) is 1. The van der Waals surface area contributed by atoms with Crippen LogP contribution in [0, 0.1) is 19.8 Å². The van der Waals surface area contributed by atoms with Crippen molar-refractivity contribution in [2.24, 2.45) is 5.92 Å². The van der Waals surface area contributed by atoms with Gasteiger partial charge in [0.05, 0.1) is 12.7 Å². The van der Waals surface area contributed by atoms with Crippen molar-refractivity contribution >= 4 is 0 Å². The molecule has 0 aliphatic heterocycles. The second-order valence-corrected chi connectivity index (χ2v) is 6.42. The molecule has 1 aromatic rings. The molecule has 0 atom stereocenters. The predicted octanol–water partition coefficient (Wildman–Crippen LogP) is 4.49. The van der Waals surface area contributed by atoms with Crippen molar-refractivity contribution in [3.05, 3.63) is 28.8 Å². The van der Waals surface area contributed by atoms with Gasteiger partial charge < -0.3 is 9.84 Å². The summed E-state index contributed by atoms with van der Waals surface area (Å²) in [6.45, 7) is 6.40. The largest absolute Gasteiger partial charge is 0.496 e. The summed E-state index contributed by atoms with van der Waals surface area (Å²) in [5, 5.41) is 11.1. The van der Waals surface area contributed by atoms with E-state index >= 15 is 0 Å². The Labute approximate surface area is 123 Å². The van der Waals surface area contributed by atoms with Crippen LogP contribution in [0.3, 0.4) is 0 Å². The summed E-state index contributed by atoms with van der Waals surface area (Å²) in [5.41, 5.74) is 2.65. The maximum Gasteiger partial charge on any atom is 0.125 e. The molecule has 2 nitrogen and oxygen atoms in total. The van der Waals surface area contributed by atoms with Crippen LogP contribution in [-0.2, 0) is 5.60 Å². The van der Waals surface area contributed by atoms with Crippen LogP contribution < -0.4 is 4.74 Å². The highest BCUT2D eigenvalue weighted by atomic mass is 16.5. The van der Waals surface area contributed by atoms with Gasteiger partial charge in [0, 0.05) is 5.56 Å². The Morgan fingerprint density at radius 3 is 2.45 bits per heavy atom. The highest BCUT2D eigenvalue weighted by molar-refractivity contribution is 5.46. The molecule has 0 saturated heterocycles. The van der Waals surface area contributed by atoms with Crippen molar-refractivity contribution in [1.82, 2.24) is 0 Å². The van der Waals surface area contributed by atoms with Crippen molar-refractivity contribution < 1.29 is 9.84 Å². The summed E-state index contributed by atoms with van der Waals surface area (Å²) in [6, 6.07) is 4.19. The van der Waals surface area contributed by atoms with E-state index in [2.05, 4.69) is 26.8 Å². The molecule has 1 aromatic carbocycles. The molecule has 0 bridgehead atoms. The van der Waals surface area contributed by atoms with Crippen LogP contribution in [0.25, 0.3) is 0 Å². The molecule has 0 amide bonds. The maximum absolute atomic E-state index is 11.1. The molecule has 0 aromatic heterocycles. The van der Waals surface area contributed by atoms with Gasteiger partial charge in [0.2, 0.25) is 0 Å². The molecular weight excluding hydrogens is 248 g/mol. The molecule has 1 aliphatic carbocycles. The van der Waals surface area contributed by atoms with Crippen LogP contribution in [-0.4, -0.2) is 12.2 Å². The number of aliphatic hydroxyl groups is 1. The van der Waals surface area contributed by atoms with E-state index in [1.165, 1.54) is 18.4 Å². The molecule has 1 aliphatic rings. The molecule has 20 heavy (non-hydrogen) atoms. The lowest BCUT2D eigenvalue weighted by molar-refractivity contribution is -0.0174. The Morgan fingerprint density at radius 1 is 1.25 bits per heavy atom. The van der Waals surface area contributed by atoms with Gasteiger partial charge in [-0.1, -0.05) is 25.8 Å². The molecule has 0 heterocycles. The summed E-state index contributed by atoms with van der Waals surface area (Å²) in [6.07, 6.45) is 6.51. The fourth-order valence-electron chi connectivity index (χ4n) is 3.79. The van der Waals surface area contributed by atoms with Crippen LogP contribution >= 0.6 is 0 Å². The molecule has 0 spiro atoms. The quantitative estimate of drug-likeness (QED) is 0.878. The Bertz CT molecular complexity index is 457. The normalized spacial score (nSPS) is 26.6. The Hall–Kier alpha value is -1.02. The molecule has 1 saturated carbocycles. The first-order valence-electron chi connectivity index (χ1n) is 7.88. The molecule has 0 radical (unpaired) electrons. The smallest absolute Gasteiger partial charge is 0.125 e. The van der Waals surface area contributed by atoms with Gasteiger partial charge >= 0.3 is 0 Å². The Kier molecular flexibility index (Phi) is 4.74. The van der Waals surface area contributed by atoms with Gasteiger partial charge in [-0.3, -0.25) is 0 Å². The zero-order valence-electron chi connectivity index (χ0n) is 13.3. The minimum Gasteiger partial charge on any atom is -0.496 e. The fourth-order valence-corrected chi connectivity index (χ4v) is 3.79. The summed E-state index contributed by atoms with van der Waals surface area (Å²) < 4.78 is 5.54. The second kappa shape index (κ2) is 6.17. The zero-order valence-corrected chi connectivity index (χ0v) is 13.3. The monoisotopic (exact) mass is 276 g/mol. The maximum atomic E-state index is 11.1. The lowest BCUT2D eigenvalue weighted by Crippen LogP contribution is -2.32. The van der Waals surface area contributed by atoms with Gasteiger partial charge in [-0.2, -0.15) is 0 Å². The highest BCUT2D eigenvalue weighted by Gasteiger charge is 2.37. The molecule has 112 valence electrons. The molecule has 1 fully saturated rings. The van der Waals surface area contributed by atoms with Crippen molar-refractivity contribution in [1.29, 1.82) is 0 Å². The van der Waals surface area contributed by atoms with Crippen molar-refractivity contribution in [3.8, 4) is 5.75 Å². The highest BCUT2D eigenvalue weighted by Crippen LogP contribution is 2.45. The first-order chi connectivity index (χ1) is 9.50. The Balaban J connectivity index is 2.27. The van der Waals surface area contributed by atoms with Crippen LogP contribution in [0.1, 0.15) is 62.1 Å². The number of benzene rings is 1. The minimum absolute atomic E-state index is 0.701. The van der Waals surface area contributed by atoms with Crippen molar-refractivity contribution in [3.63, 3.8) is 0 Å². The van der Waals surface area contributed by atoms with Gasteiger partial charge in [-0.25, -0.2) is 0 Å². The van der Waals surface area contributed by atoms with E-state index in [1.54, 1.807) is 7.11 Å². The van der Waals surface area contributed by atoms with Gasteiger partial charge in [0.25, 0.3) is 0 Å². The first-order valence-corrected chi connectivity index (χ1v) is 7.88. The molecule has 2 heteroatoms. The molecule has 1 N–H and O–H groups in total. The fraction of sp³-hybridized carbons (Fsp3) is 0.667. The van der Waals surface area contributed by atoms with Crippen LogP contribution in [0.2, 0.25) is 0 Å². The second-order valence-electron chi connectivity index (χ2n) is 6.42. The summed E-state index contributed by atoms with van der Waals surface area (Å²) >= 11 is 0. The summed E-state index contributed by atoms with van der Waals surface area (Å²) in [5.74, 6) is 1.64. The zero-order chi connectivity index (χ0) is 14.8. The molecular formula is C18H28O2. The number of hydrogen-bond acceptors (Lipinski definition) is 2. The van der Waals surface area contributed by atoms with E-state index in [9.17, 15) is 5.11 Å². The summed E-state index contributed by atoms with van der Waals surface area (Å²) in [7, 11) is 1.70. The van der Waals surface area contributed by atoms with Crippen molar-refractivity contribution in [2.75, 3.05) is 7.11 Å². The van der Waals surface area contributed by atoms with Crippen LogP contribution in [0.4, 0.5) is 0 Å². The van der Waals surface area contributed by atoms with Gasteiger partial charge in [-0.15, -0.1) is 0 Å². The number of rotatable bonds is 4. The molecule has 0 unspecified atom stereocenters. The van der Waals surface area contributed by atoms with Crippen molar-refractivity contribution in [2.45, 2.75) is 64.9 Å². The minimum atomic E-state index is -0.701.